The lowest BCUT2D eigenvalue weighted by Gasteiger charge is -2.11. The fourth-order valence-corrected chi connectivity index (χ4v) is 2.92. The highest BCUT2D eigenvalue weighted by molar-refractivity contribution is 6.32. The van der Waals surface area contributed by atoms with Gasteiger partial charge in [-0.15, -0.1) is 13.2 Å². The molecular weight excluding hydrogens is 457 g/mol. The number of benzene rings is 1. The molecule has 3 heterocycles. The summed E-state index contributed by atoms with van der Waals surface area (Å²) in [5, 5.41) is 19.0. The molecule has 0 fully saturated rings. The summed E-state index contributed by atoms with van der Waals surface area (Å²) in [5.74, 6) is -0.609. The van der Waals surface area contributed by atoms with Crippen LogP contribution in [0.2, 0.25) is 5.02 Å². The third-order valence-corrected chi connectivity index (χ3v) is 4.44. The van der Waals surface area contributed by atoms with Crippen molar-refractivity contribution in [2.45, 2.75) is 25.9 Å². The lowest BCUT2D eigenvalue weighted by Crippen LogP contribution is -2.17. The molecule has 1 N–H and O–H groups in total. The van der Waals surface area contributed by atoms with E-state index in [4.69, 9.17) is 21.4 Å². The molecule has 0 radical (unpaired) electrons. The first-order valence-electron chi connectivity index (χ1n) is 9.12. The van der Waals surface area contributed by atoms with E-state index >= 15 is 0 Å². The van der Waals surface area contributed by atoms with Crippen LogP contribution in [0, 0.1) is 10.1 Å². The smallest absolute Gasteiger partial charge is 0.446 e. The average Bonchev–Trinajstić information content (AvgIpc) is 3.20. The molecule has 0 spiro atoms. The molecule has 1 aromatic carbocycles. The van der Waals surface area contributed by atoms with E-state index in [0.717, 1.165) is 19.0 Å². The van der Waals surface area contributed by atoms with Crippen LogP contribution >= 0.6 is 11.6 Å². The van der Waals surface area contributed by atoms with Crippen molar-refractivity contribution in [2.24, 2.45) is 0 Å². The number of aliphatic hydroxyl groups is 1. The van der Waals surface area contributed by atoms with Crippen LogP contribution in [0.15, 0.2) is 42.7 Å². The highest BCUT2D eigenvalue weighted by Gasteiger charge is 2.32. The van der Waals surface area contributed by atoms with Gasteiger partial charge in [0.25, 0.3) is 0 Å². The molecule has 0 saturated heterocycles. The van der Waals surface area contributed by atoms with Crippen molar-refractivity contribution in [3.8, 4) is 23.0 Å². The zero-order valence-electron chi connectivity index (χ0n) is 16.3. The van der Waals surface area contributed by atoms with Crippen molar-refractivity contribution in [2.75, 3.05) is 6.61 Å². The molecule has 2 aromatic heterocycles. The second kappa shape index (κ2) is 9.83. The second-order valence-corrected chi connectivity index (χ2v) is 6.84. The van der Waals surface area contributed by atoms with Crippen molar-refractivity contribution in [3.05, 3.63) is 63.4 Å². The van der Waals surface area contributed by atoms with E-state index in [1.54, 1.807) is 16.7 Å². The molecule has 170 valence electrons. The van der Waals surface area contributed by atoms with Crippen molar-refractivity contribution < 1.29 is 32.7 Å². The first kappa shape index (κ1) is 23.3. The maximum absolute atomic E-state index is 12.1. The Balaban J connectivity index is 0.000000204. The Morgan fingerprint density at radius 3 is 2.66 bits per heavy atom. The zero-order valence-corrected chi connectivity index (χ0v) is 17.0. The van der Waals surface area contributed by atoms with Gasteiger partial charge in [0.05, 0.1) is 23.9 Å². The van der Waals surface area contributed by atoms with Crippen LogP contribution in [0.5, 0.6) is 11.8 Å². The maximum atomic E-state index is 12.1. The third-order valence-electron chi connectivity index (χ3n) is 4.15. The van der Waals surface area contributed by atoms with Crippen LogP contribution in [0.4, 0.5) is 19.0 Å². The Bertz CT molecular complexity index is 1070. The average molecular weight is 473 g/mol. The second-order valence-electron chi connectivity index (χ2n) is 6.44. The number of hydrogen-bond acceptors (Lipinski definition) is 7. The first-order chi connectivity index (χ1) is 15.2. The maximum Gasteiger partial charge on any atom is 0.573 e. The third kappa shape index (κ3) is 6.08. The van der Waals surface area contributed by atoms with Gasteiger partial charge in [-0.3, -0.25) is 9.55 Å². The predicted molar refractivity (Wildman–Crippen MR) is 106 cm³/mol. The molecule has 0 aliphatic carbocycles. The zero-order chi connectivity index (χ0) is 23.3. The van der Waals surface area contributed by atoms with Gasteiger partial charge in [-0.1, -0.05) is 17.7 Å². The quantitative estimate of drug-likeness (QED) is 0.443. The normalized spacial score (nSPS) is 12.8. The van der Waals surface area contributed by atoms with E-state index in [-0.39, 0.29) is 17.4 Å². The van der Waals surface area contributed by atoms with E-state index in [1.165, 1.54) is 24.5 Å². The van der Waals surface area contributed by atoms with Crippen LogP contribution in [0.3, 0.4) is 0 Å². The van der Waals surface area contributed by atoms with Gasteiger partial charge in [-0.05, 0) is 41.2 Å². The number of hydrogen-bond donors (Lipinski definition) is 1. The van der Waals surface area contributed by atoms with Crippen LogP contribution < -0.4 is 9.47 Å². The molecule has 0 saturated carbocycles. The fraction of sp³-hybridized carbons (Fsp3) is 0.263. The van der Waals surface area contributed by atoms with Crippen molar-refractivity contribution in [1.82, 2.24) is 14.5 Å². The fourth-order valence-electron chi connectivity index (χ4n) is 2.70. The molecule has 0 atom stereocenters. The van der Waals surface area contributed by atoms with Gasteiger partial charge < -0.3 is 24.7 Å². The summed E-state index contributed by atoms with van der Waals surface area (Å²) >= 11 is 5.75. The van der Waals surface area contributed by atoms with Gasteiger partial charge in [0, 0.05) is 23.3 Å². The van der Waals surface area contributed by atoms with E-state index < -0.39 is 17.0 Å². The van der Waals surface area contributed by atoms with E-state index in [0.29, 0.717) is 29.4 Å². The minimum atomic E-state index is -4.79. The SMILES string of the molecule is O=[N+]([O-])c1cn2c(n1)OCCC2.OCc1ccc(-c2ccc(OC(F)(F)F)c(Cl)c2)nc1. The van der Waals surface area contributed by atoms with Crippen molar-refractivity contribution in [3.63, 3.8) is 0 Å². The summed E-state index contributed by atoms with van der Waals surface area (Å²) < 4.78 is 46.9. The molecule has 0 amide bonds. The van der Waals surface area contributed by atoms with Crippen LogP contribution in [-0.2, 0) is 13.2 Å². The van der Waals surface area contributed by atoms with Crippen molar-refractivity contribution >= 4 is 17.4 Å². The summed E-state index contributed by atoms with van der Waals surface area (Å²) in [4.78, 5) is 17.5. The molecule has 0 bridgehead atoms. The molecular formula is C19H16ClF3N4O5. The van der Waals surface area contributed by atoms with Crippen LogP contribution in [0.25, 0.3) is 11.3 Å². The number of fused-ring (bicyclic) bond motifs is 1. The number of nitrogens with zero attached hydrogens (tertiary/aromatic N) is 4. The van der Waals surface area contributed by atoms with E-state index in [1.807, 2.05) is 0 Å². The Labute approximate surface area is 184 Å². The van der Waals surface area contributed by atoms with E-state index in [9.17, 15) is 23.3 Å². The number of imidazole rings is 1. The minimum absolute atomic E-state index is 0.133. The Hall–Kier alpha value is -3.38. The van der Waals surface area contributed by atoms with Gasteiger partial charge in [0.15, 0.2) is 0 Å². The standard InChI is InChI=1S/C13H9ClF3NO2.C6H7N3O3/c14-10-5-9(2-4-12(10)20-13(15,16)17)11-3-1-8(7-19)6-18-11;10-9(11)5-4-8-2-1-3-12-6(8)7-5/h1-6,19H,7H2;4H,1-3H2. The number of ether oxygens (including phenoxy) is 2. The molecule has 9 nitrogen and oxygen atoms in total. The van der Waals surface area contributed by atoms with Gasteiger partial charge in [0.1, 0.15) is 11.9 Å². The number of alkyl halides is 3. The first-order valence-corrected chi connectivity index (χ1v) is 9.50. The highest BCUT2D eigenvalue weighted by atomic mass is 35.5. The molecule has 1 aliphatic rings. The Kier molecular flexibility index (Phi) is 7.15. The van der Waals surface area contributed by atoms with Gasteiger partial charge >= 0.3 is 18.2 Å². The van der Waals surface area contributed by atoms with Crippen LogP contribution in [-0.4, -0.2) is 37.5 Å². The van der Waals surface area contributed by atoms with E-state index in [2.05, 4.69) is 14.7 Å². The van der Waals surface area contributed by atoms with Gasteiger partial charge in [-0.2, -0.15) is 0 Å². The monoisotopic (exact) mass is 472 g/mol. The lowest BCUT2D eigenvalue weighted by molar-refractivity contribution is -0.389. The number of halogens is 4. The summed E-state index contributed by atoms with van der Waals surface area (Å²) in [7, 11) is 0. The Morgan fingerprint density at radius 2 is 2.09 bits per heavy atom. The number of aromatic nitrogens is 3. The Morgan fingerprint density at radius 1 is 1.31 bits per heavy atom. The van der Waals surface area contributed by atoms with Gasteiger partial charge in [0.2, 0.25) is 0 Å². The van der Waals surface area contributed by atoms with Gasteiger partial charge in [-0.25, -0.2) is 0 Å². The molecule has 32 heavy (non-hydrogen) atoms. The number of aliphatic hydroxyl groups excluding tert-OH is 1. The number of rotatable bonds is 4. The summed E-state index contributed by atoms with van der Waals surface area (Å²) in [6.45, 7) is 1.21. The summed E-state index contributed by atoms with van der Waals surface area (Å²) in [5.41, 5.74) is 1.72. The number of nitro groups is 1. The predicted octanol–water partition coefficient (Wildman–Crippen LogP) is 4.37. The van der Waals surface area contributed by atoms with Crippen LogP contribution in [0.1, 0.15) is 12.0 Å². The summed E-state index contributed by atoms with van der Waals surface area (Å²) in [6, 6.07) is 7.55. The highest BCUT2D eigenvalue weighted by Crippen LogP contribution is 2.33. The minimum Gasteiger partial charge on any atom is -0.446 e. The molecule has 13 heteroatoms. The summed E-state index contributed by atoms with van der Waals surface area (Å²) in [6.07, 6.45) is -1.04. The molecule has 1 aliphatic heterocycles. The largest absolute Gasteiger partial charge is 0.573 e. The lowest BCUT2D eigenvalue weighted by atomic mass is 10.1. The number of pyridine rings is 1. The molecule has 4 rings (SSSR count). The van der Waals surface area contributed by atoms with Crippen molar-refractivity contribution in [1.29, 1.82) is 0 Å². The molecule has 0 unspecified atom stereocenters. The molecule has 3 aromatic rings. The topological polar surface area (TPSA) is 113 Å². The number of aryl methyl sites for hydroxylation is 1.